The summed E-state index contributed by atoms with van der Waals surface area (Å²) in [6.45, 7) is 5.75. The van der Waals surface area contributed by atoms with E-state index in [1.165, 1.54) is 10.7 Å². The highest BCUT2D eigenvalue weighted by Crippen LogP contribution is 2.26. The first-order valence-electron chi connectivity index (χ1n) is 8.95. The minimum Gasteiger partial charge on any atom is -0.478 e. The number of hydrogen-bond acceptors (Lipinski definition) is 3. The number of aromatic nitrogens is 2. The lowest BCUT2D eigenvalue weighted by atomic mass is 10.0. The van der Waals surface area contributed by atoms with Gasteiger partial charge in [0.1, 0.15) is 11.5 Å². The molecule has 4 aromatic rings. The zero-order valence-electron chi connectivity index (χ0n) is 15.7. The molecular weight excluding hydrogens is 368 g/mol. The van der Waals surface area contributed by atoms with Crippen LogP contribution in [0.15, 0.2) is 69.9 Å². The molecule has 0 aliphatic carbocycles. The zero-order chi connectivity index (χ0) is 20.5. The van der Waals surface area contributed by atoms with Gasteiger partial charge in [-0.15, -0.1) is 0 Å². The summed E-state index contributed by atoms with van der Waals surface area (Å²) >= 11 is 0. The lowest BCUT2D eigenvalue weighted by Gasteiger charge is -2.03. The number of aromatic carboxylic acids is 1. The third kappa shape index (κ3) is 3.43. The molecule has 0 aliphatic heterocycles. The fraction of sp³-hybridized carbons (Fsp3) is 0.0435. The number of rotatable bonds is 4. The first kappa shape index (κ1) is 18.3. The van der Waals surface area contributed by atoms with Gasteiger partial charge in [0.2, 0.25) is 0 Å². The molecule has 2 aromatic carbocycles. The van der Waals surface area contributed by atoms with Gasteiger partial charge in [-0.05, 0) is 55.0 Å². The highest BCUT2D eigenvalue weighted by molar-refractivity contribution is 5.88. The average molecular weight is 386 g/mol. The van der Waals surface area contributed by atoms with Gasteiger partial charge < -0.3 is 9.52 Å². The number of H-pyrrole nitrogens is 1. The summed E-state index contributed by atoms with van der Waals surface area (Å²) in [5, 5.41) is 13.0. The third-order valence-corrected chi connectivity index (χ3v) is 4.67. The van der Waals surface area contributed by atoms with Crippen molar-refractivity contribution in [2.24, 2.45) is 0 Å². The number of carboxylic acid groups (broad SMARTS) is 1. The second-order valence-electron chi connectivity index (χ2n) is 6.66. The normalized spacial score (nSPS) is 11.7. The lowest BCUT2D eigenvalue weighted by molar-refractivity contribution is 0.0697. The summed E-state index contributed by atoms with van der Waals surface area (Å²) in [5.74, 6) is 0.122. The van der Waals surface area contributed by atoms with Crippen molar-refractivity contribution in [1.29, 1.82) is 0 Å². The summed E-state index contributed by atoms with van der Waals surface area (Å²) in [5.41, 5.74) is 2.30. The van der Waals surface area contributed by atoms with Crippen molar-refractivity contribution < 1.29 is 14.3 Å². The topological polar surface area (TPSA) is 88.2 Å². The van der Waals surface area contributed by atoms with Gasteiger partial charge in [0, 0.05) is 5.56 Å². The molecule has 0 saturated carbocycles. The minimum absolute atomic E-state index is 0.221. The highest BCUT2D eigenvalue weighted by Gasteiger charge is 2.11. The van der Waals surface area contributed by atoms with E-state index in [4.69, 9.17) is 9.52 Å². The number of hydrogen-bond donors (Lipinski definition) is 2. The van der Waals surface area contributed by atoms with E-state index in [2.05, 4.69) is 11.7 Å². The number of furan rings is 1. The Balaban J connectivity index is 1.74. The Kier molecular flexibility index (Phi) is 4.52. The van der Waals surface area contributed by atoms with Crippen LogP contribution in [0.2, 0.25) is 0 Å². The smallest absolute Gasteiger partial charge is 0.335 e. The maximum Gasteiger partial charge on any atom is 0.335 e. The van der Waals surface area contributed by atoms with Crippen LogP contribution in [-0.2, 0) is 0 Å². The monoisotopic (exact) mass is 386 g/mol. The molecule has 0 atom stereocenters. The van der Waals surface area contributed by atoms with Crippen LogP contribution in [-0.4, -0.2) is 20.9 Å². The third-order valence-electron chi connectivity index (χ3n) is 4.67. The second-order valence-corrected chi connectivity index (χ2v) is 6.66. The largest absolute Gasteiger partial charge is 0.478 e. The van der Waals surface area contributed by atoms with E-state index >= 15 is 0 Å². The SMILES string of the molecule is C=c1[nH]n(-c2ccccc2)c(=O)/c1=C/c1ccc(-c2ccc(C(=O)O)cc2C)o1. The molecular formula is C23H18N2O4. The minimum atomic E-state index is -0.974. The Labute approximate surface area is 165 Å². The van der Waals surface area contributed by atoms with Crippen LogP contribution in [0.5, 0.6) is 0 Å². The molecule has 4 rings (SSSR count). The van der Waals surface area contributed by atoms with Crippen LogP contribution in [0, 0.1) is 6.92 Å². The number of carboxylic acids is 1. The quantitative estimate of drug-likeness (QED) is 0.564. The van der Waals surface area contributed by atoms with Crippen molar-refractivity contribution in [3.8, 4) is 17.0 Å². The number of para-hydroxylation sites is 1. The van der Waals surface area contributed by atoms with E-state index in [-0.39, 0.29) is 11.1 Å². The van der Waals surface area contributed by atoms with Gasteiger partial charge in [0.25, 0.3) is 5.56 Å². The van der Waals surface area contributed by atoms with Crippen LogP contribution in [0.3, 0.4) is 0 Å². The standard InChI is InChI=1S/C23H18N2O4/c1-14-12-16(23(27)28)8-10-19(14)21-11-9-18(29-21)13-20-15(2)24-25(22(20)26)17-6-4-3-5-7-17/h3-13,24H,2H2,1H3,(H,27,28)/b20-13+. The summed E-state index contributed by atoms with van der Waals surface area (Å²) in [7, 11) is 0. The fourth-order valence-corrected chi connectivity index (χ4v) is 3.19. The maximum atomic E-state index is 12.8. The Morgan fingerprint density at radius 1 is 1.14 bits per heavy atom. The first-order chi connectivity index (χ1) is 13.9. The molecule has 29 heavy (non-hydrogen) atoms. The van der Waals surface area contributed by atoms with E-state index in [0.29, 0.717) is 22.1 Å². The molecule has 6 nitrogen and oxygen atoms in total. The number of aryl methyl sites for hydroxylation is 1. The van der Waals surface area contributed by atoms with Crippen molar-refractivity contribution >= 4 is 18.6 Å². The molecule has 0 bridgehead atoms. The van der Waals surface area contributed by atoms with Gasteiger partial charge in [0.15, 0.2) is 0 Å². The highest BCUT2D eigenvalue weighted by atomic mass is 16.4. The maximum absolute atomic E-state index is 12.8. The summed E-state index contributed by atoms with van der Waals surface area (Å²) in [6.07, 6.45) is 1.64. The molecule has 2 heterocycles. The number of nitrogens with one attached hydrogen (secondary N) is 1. The van der Waals surface area contributed by atoms with Gasteiger partial charge in [-0.2, -0.15) is 0 Å². The van der Waals surface area contributed by atoms with Crippen LogP contribution in [0.4, 0.5) is 0 Å². The molecule has 0 saturated heterocycles. The van der Waals surface area contributed by atoms with Gasteiger partial charge >= 0.3 is 5.97 Å². The number of benzene rings is 2. The Bertz CT molecular complexity index is 1370. The van der Waals surface area contributed by atoms with Crippen molar-refractivity contribution in [3.63, 3.8) is 0 Å². The Morgan fingerprint density at radius 3 is 2.59 bits per heavy atom. The fourth-order valence-electron chi connectivity index (χ4n) is 3.19. The molecule has 2 N–H and O–H groups in total. The molecule has 0 radical (unpaired) electrons. The van der Waals surface area contributed by atoms with Crippen molar-refractivity contribution in [1.82, 2.24) is 9.78 Å². The van der Waals surface area contributed by atoms with E-state index in [9.17, 15) is 9.59 Å². The van der Waals surface area contributed by atoms with Crippen LogP contribution in [0.25, 0.3) is 29.7 Å². The predicted octanol–water partition coefficient (Wildman–Crippen LogP) is 2.67. The second kappa shape index (κ2) is 7.16. The average Bonchev–Trinajstić information content (AvgIpc) is 3.28. The zero-order valence-corrected chi connectivity index (χ0v) is 15.7. The number of nitrogens with zero attached hydrogens (tertiary/aromatic N) is 1. The van der Waals surface area contributed by atoms with Crippen LogP contribution >= 0.6 is 0 Å². The molecule has 0 amide bonds. The van der Waals surface area contributed by atoms with Gasteiger partial charge in [-0.25, -0.2) is 9.48 Å². The predicted molar refractivity (Wildman–Crippen MR) is 111 cm³/mol. The van der Waals surface area contributed by atoms with E-state index in [1.807, 2.05) is 37.3 Å². The molecule has 2 aromatic heterocycles. The van der Waals surface area contributed by atoms with Gasteiger partial charge in [-0.3, -0.25) is 9.89 Å². The summed E-state index contributed by atoms with van der Waals surface area (Å²) < 4.78 is 7.32. The Hall–Kier alpha value is -4.06. The number of carbonyl (C=O) groups is 1. The number of aromatic amines is 1. The first-order valence-corrected chi connectivity index (χ1v) is 8.95. The Morgan fingerprint density at radius 2 is 1.90 bits per heavy atom. The summed E-state index contributed by atoms with van der Waals surface area (Å²) in [4.78, 5) is 23.9. The molecule has 0 spiro atoms. The molecule has 6 heteroatoms. The molecule has 0 unspecified atom stereocenters. The van der Waals surface area contributed by atoms with Crippen molar-refractivity contribution in [2.45, 2.75) is 6.92 Å². The molecule has 0 fully saturated rings. The van der Waals surface area contributed by atoms with E-state index in [0.717, 1.165) is 16.8 Å². The van der Waals surface area contributed by atoms with Gasteiger partial charge in [-0.1, -0.05) is 30.8 Å². The summed E-state index contributed by atoms with van der Waals surface area (Å²) in [6, 6.07) is 17.6. The van der Waals surface area contributed by atoms with Gasteiger partial charge in [0.05, 0.1) is 21.8 Å². The van der Waals surface area contributed by atoms with E-state index < -0.39 is 5.97 Å². The van der Waals surface area contributed by atoms with Crippen LogP contribution in [0.1, 0.15) is 21.7 Å². The molecule has 0 aliphatic rings. The lowest BCUT2D eigenvalue weighted by Crippen LogP contribution is -2.33. The van der Waals surface area contributed by atoms with Crippen molar-refractivity contribution in [2.75, 3.05) is 0 Å². The van der Waals surface area contributed by atoms with Crippen molar-refractivity contribution in [3.05, 3.63) is 98.5 Å². The van der Waals surface area contributed by atoms with Crippen LogP contribution < -0.4 is 16.1 Å². The molecule has 144 valence electrons. The van der Waals surface area contributed by atoms with E-state index in [1.54, 1.807) is 30.3 Å².